The van der Waals surface area contributed by atoms with Gasteiger partial charge in [0.2, 0.25) is 0 Å². The van der Waals surface area contributed by atoms with E-state index in [1.165, 1.54) is 0 Å². The molecule has 100 valence electrons. The number of hydrogen-bond acceptors (Lipinski definition) is 2. The van der Waals surface area contributed by atoms with Crippen LogP contribution in [0.5, 0.6) is 0 Å². The first-order valence-corrected chi connectivity index (χ1v) is 6.45. The van der Waals surface area contributed by atoms with Crippen molar-refractivity contribution in [3.63, 3.8) is 0 Å². The molecule has 1 N–H and O–H groups in total. The number of aromatic nitrogens is 2. The molecule has 0 unspecified atom stereocenters. The molecule has 0 amide bonds. The Morgan fingerprint density at radius 1 is 1.42 bits per heavy atom. The minimum absolute atomic E-state index is 0.109. The zero-order chi connectivity index (χ0) is 14.0. The van der Waals surface area contributed by atoms with Crippen LogP contribution in [0.4, 0.5) is 0 Å². The van der Waals surface area contributed by atoms with Crippen LogP contribution in [0, 0.1) is 6.92 Å². The minimum atomic E-state index is -1.03. The van der Waals surface area contributed by atoms with Crippen molar-refractivity contribution in [2.24, 2.45) is 0 Å². The zero-order valence-electron chi connectivity index (χ0n) is 10.9. The van der Waals surface area contributed by atoms with Crippen LogP contribution in [0.1, 0.15) is 34.1 Å². The number of aryl methyl sites for hydroxylation is 2. The van der Waals surface area contributed by atoms with Crippen molar-refractivity contribution in [2.75, 3.05) is 0 Å². The fraction of sp³-hybridized carbons (Fsp3) is 0.286. The van der Waals surface area contributed by atoms with Gasteiger partial charge in [-0.2, -0.15) is 5.10 Å². The molecule has 0 radical (unpaired) electrons. The van der Waals surface area contributed by atoms with Gasteiger partial charge in [0.25, 0.3) is 0 Å². The van der Waals surface area contributed by atoms with E-state index in [0.29, 0.717) is 18.7 Å². The van der Waals surface area contributed by atoms with Crippen LogP contribution < -0.4 is 0 Å². The minimum Gasteiger partial charge on any atom is -0.478 e. The fourth-order valence-electron chi connectivity index (χ4n) is 2.00. The van der Waals surface area contributed by atoms with Crippen molar-refractivity contribution >= 4 is 17.6 Å². The summed E-state index contributed by atoms with van der Waals surface area (Å²) in [6, 6.07) is 7.90. The predicted molar refractivity (Wildman–Crippen MR) is 73.9 cm³/mol. The summed E-state index contributed by atoms with van der Waals surface area (Å²) < 4.78 is 1.55. The first-order chi connectivity index (χ1) is 9.04. The summed E-state index contributed by atoms with van der Waals surface area (Å²) in [6.45, 7) is 4.35. The van der Waals surface area contributed by atoms with Crippen LogP contribution in [-0.2, 0) is 13.0 Å². The zero-order valence-corrected chi connectivity index (χ0v) is 11.6. The number of carboxylic acids is 1. The second-order valence-electron chi connectivity index (χ2n) is 4.36. The highest BCUT2D eigenvalue weighted by Crippen LogP contribution is 2.22. The standard InChI is InChI=1S/C14H15ClN2O2/c1-3-11-12(14(18)19)13(15)17(16-11)8-10-7-5-4-6-9(10)2/h4-7H,3,8H2,1-2H3,(H,18,19). The second kappa shape index (κ2) is 5.45. The molecule has 0 aliphatic carbocycles. The molecule has 0 bridgehead atoms. The van der Waals surface area contributed by atoms with Crippen molar-refractivity contribution in [1.82, 2.24) is 9.78 Å². The summed E-state index contributed by atoms with van der Waals surface area (Å²) >= 11 is 6.13. The average Bonchev–Trinajstić information content (AvgIpc) is 2.69. The Hall–Kier alpha value is -1.81. The maximum Gasteiger partial charge on any atom is 0.340 e. The molecule has 2 aromatic rings. The third-order valence-corrected chi connectivity index (χ3v) is 3.48. The van der Waals surface area contributed by atoms with Gasteiger partial charge in [-0.3, -0.25) is 0 Å². The lowest BCUT2D eigenvalue weighted by molar-refractivity contribution is 0.0696. The van der Waals surface area contributed by atoms with Gasteiger partial charge in [-0.15, -0.1) is 0 Å². The van der Waals surface area contributed by atoms with Crippen molar-refractivity contribution in [2.45, 2.75) is 26.8 Å². The van der Waals surface area contributed by atoms with E-state index in [2.05, 4.69) is 5.10 Å². The maximum atomic E-state index is 11.2. The largest absolute Gasteiger partial charge is 0.478 e. The molecule has 0 fully saturated rings. The smallest absolute Gasteiger partial charge is 0.340 e. The van der Waals surface area contributed by atoms with Gasteiger partial charge in [-0.25, -0.2) is 9.48 Å². The van der Waals surface area contributed by atoms with Crippen LogP contribution in [0.3, 0.4) is 0 Å². The first-order valence-electron chi connectivity index (χ1n) is 6.07. The van der Waals surface area contributed by atoms with Gasteiger partial charge < -0.3 is 5.11 Å². The number of halogens is 1. The Morgan fingerprint density at radius 3 is 2.63 bits per heavy atom. The Morgan fingerprint density at radius 2 is 2.11 bits per heavy atom. The highest BCUT2D eigenvalue weighted by atomic mass is 35.5. The van der Waals surface area contributed by atoms with Gasteiger partial charge in [0.05, 0.1) is 12.2 Å². The van der Waals surface area contributed by atoms with Crippen LogP contribution in [0.25, 0.3) is 0 Å². The molecule has 0 aliphatic rings. The summed E-state index contributed by atoms with van der Waals surface area (Å²) in [4.78, 5) is 11.2. The van der Waals surface area contributed by atoms with Crippen molar-refractivity contribution in [3.8, 4) is 0 Å². The van der Waals surface area contributed by atoms with Crippen molar-refractivity contribution < 1.29 is 9.90 Å². The molecule has 0 atom stereocenters. The highest BCUT2D eigenvalue weighted by molar-refractivity contribution is 6.32. The van der Waals surface area contributed by atoms with Crippen LogP contribution in [0.15, 0.2) is 24.3 Å². The fourth-order valence-corrected chi connectivity index (χ4v) is 2.29. The van der Waals surface area contributed by atoms with E-state index < -0.39 is 5.97 Å². The SMILES string of the molecule is CCc1nn(Cc2ccccc2C)c(Cl)c1C(=O)O. The van der Waals surface area contributed by atoms with Crippen LogP contribution in [-0.4, -0.2) is 20.9 Å². The Bertz CT molecular complexity index is 620. The van der Waals surface area contributed by atoms with E-state index in [4.69, 9.17) is 11.6 Å². The van der Waals surface area contributed by atoms with Gasteiger partial charge in [-0.1, -0.05) is 42.8 Å². The lowest BCUT2D eigenvalue weighted by Gasteiger charge is -2.06. The summed E-state index contributed by atoms with van der Waals surface area (Å²) in [5, 5.41) is 13.7. The van der Waals surface area contributed by atoms with Gasteiger partial charge in [0.1, 0.15) is 10.7 Å². The molecule has 2 rings (SSSR count). The number of nitrogens with zero attached hydrogens (tertiary/aromatic N) is 2. The lowest BCUT2D eigenvalue weighted by Crippen LogP contribution is -2.04. The molecule has 0 saturated heterocycles. The Balaban J connectivity index is 2.42. The highest BCUT2D eigenvalue weighted by Gasteiger charge is 2.21. The molecule has 19 heavy (non-hydrogen) atoms. The normalized spacial score (nSPS) is 10.7. The molecule has 1 heterocycles. The first kappa shape index (κ1) is 13.6. The third kappa shape index (κ3) is 2.63. The molecule has 1 aromatic heterocycles. The van der Waals surface area contributed by atoms with Crippen LogP contribution in [0.2, 0.25) is 5.15 Å². The maximum absolute atomic E-state index is 11.2. The van der Waals surface area contributed by atoms with Gasteiger partial charge >= 0.3 is 5.97 Å². The van der Waals surface area contributed by atoms with E-state index in [9.17, 15) is 9.90 Å². The molecule has 0 aliphatic heterocycles. The molecule has 1 aromatic carbocycles. The monoisotopic (exact) mass is 278 g/mol. The Labute approximate surface area is 116 Å². The molecular formula is C14H15ClN2O2. The van der Waals surface area contributed by atoms with Gasteiger partial charge in [-0.05, 0) is 24.5 Å². The van der Waals surface area contributed by atoms with Crippen molar-refractivity contribution in [3.05, 3.63) is 51.8 Å². The van der Waals surface area contributed by atoms with E-state index in [-0.39, 0.29) is 10.7 Å². The summed E-state index contributed by atoms with van der Waals surface area (Å²) in [5.41, 5.74) is 2.83. The van der Waals surface area contributed by atoms with Crippen molar-refractivity contribution in [1.29, 1.82) is 0 Å². The summed E-state index contributed by atoms with van der Waals surface area (Å²) in [7, 11) is 0. The topological polar surface area (TPSA) is 55.1 Å². The molecule has 0 saturated carbocycles. The molecule has 0 spiro atoms. The van der Waals surface area contributed by atoms with E-state index in [1.54, 1.807) is 4.68 Å². The quantitative estimate of drug-likeness (QED) is 0.935. The molecule has 5 heteroatoms. The molecule has 4 nitrogen and oxygen atoms in total. The van der Waals surface area contributed by atoms with Gasteiger partial charge in [0.15, 0.2) is 0 Å². The van der Waals surface area contributed by atoms with E-state index >= 15 is 0 Å². The number of hydrogen-bond donors (Lipinski definition) is 1. The number of carbonyl (C=O) groups is 1. The van der Waals surface area contributed by atoms with E-state index in [0.717, 1.165) is 11.1 Å². The second-order valence-corrected chi connectivity index (χ2v) is 4.71. The summed E-state index contributed by atoms with van der Waals surface area (Å²) in [5.74, 6) is -1.03. The Kier molecular flexibility index (Phi) is 3.90. The number of aromatic carboxylic acids is 1. The summed E-state index contributed by atoms with van der Waals surface area (Å²) in [6.07, 6.45) is 0.544. The van der Waals surface area contributed by atoms with E-state index in [1.807, 2.05) is 38.1 Å². The number of rotatable bonds is 4. The lowest BCUT2D eigenvalue weighted by atomic mass is 10.1. The average molecular weight is 279 g/mol. The number of carboxylic acid groups (broad SMARTS) is 1. The predicted octanol–water partition coefficient (Wildman–Crippen LogP) is 3.15. The van der Waals surface area contributed by atoms with Crippen LogP contribution >= 0.6 is 11.6 Å². The molecular weight excluding hydrogens is 264 g/mol. The third-order valence-electron chi connectivity index (χ3n) is 3.09. The van der Waals surface area contributed by atoms with Gasteiger partial charge in [0, 0.05) is 0 Å². The number of benzene rings is 1.